The van der Waals surface area contributed by atoms with Crippen LogP contribution in [0.5, 0.6) is 5.75 Å². The van der Waals surface area contributed by atoms with Gasteiger partial charge < -0.3 is 19.7 Å². The number of hydrogen-bond acceptors (Lipinski definition) is 7. The molecule has 194 valence electrons. The van der Waals surface area contributed by atoms with Crippen LogP contribution in [0.4, 0.5) is 0 Å². The molecule has 1 amide bonds. The van der Waals surface area contributed by atoms with E-state index >= 15 is 0 Å². The summed E-state index contributed by atoms with van der Waals surface area (Å²) in [5.74, 6) is 0.851. The summed E-state index contributed by atoms with van der Waals surface area (Å²) in [4.78, 5) is 38.2. The van der Waals surface area contributed by atoms with E-state index in [1.165, 1.54) is 0 Å². The van der Waals surface area contributed by atoms with E-state index in [-0.39, 0.29) is 24.1 Å². The third kappa shape index (κ3) is 5.15. The van der Waals surface area contributed by atoms with Crippen molar-refractivity contribution < 1.29 is 14.6 Å². The number of aliphatic hydroxyl groups is 1. The van der Waals surface area contributed by atoms with Crippen LogP contribution in [-0.4, -0.2) is 86.0 Å². The van der Waals surface area contributed by atoms with Crippen LogP contribution in [0.3, 0.4) is 0 Å². The number of carbonyl (C=O) groups excluding carboxylic acids is 1. The van der Waals surface area contributed by atoms with Crippen molar-refractivity contribution in [3.63, 3.8) is 0 Å². The Morgan fingerprint density at radius 3 is 2.64 bits per heavy atom. The molecular formula is C26H36N6O4. The van der Waals surface area contributed by atoms with E-state index in [4.69, 9.17) is 9.72 Å². The van der Waals surface area contributed by atoms with Gasteiger partial charge in [0, 0.05) is 51.4 Å². The van der Waals surface area contributed by atoms with Crippen molar-refractivity contribution in [2.75, 3.05) is 39.4 Å². The van der Waals surface area contributed by atoms with Crippen molar-refractivity contribution in [3.8, 4) is 17.1 Å². The molecular weight excluding hydrogens is 460 g/mol. The normalized spacial score (nSPS) is 15.4. The molecule has 3 aromatic rings. The molecule has 1 fully saturated rings. The first-order valence-corrected chi connectivity index (χ1v) is 12.7. The topological polar surface area (TPSA) is 117 Å². The lowest BCUT2D eigenvalue weighted by atomic mass is 10.1. The van der Waals surface area contributed by atoms with E-state index in [9.17, 15) is 14.7 Å². The highest BCUT2D eigenvalue weighted by Gasteiger charge is 2.26. The standard InChI is InChI=1S/C26H36N6O4/c1-5-7-20-22-23(30(4)29-20)25(34)28-24(27-22)19-16-18(8-9-21(19)36-6-2)26(35)32-13-11-31(12-14-32)17(3)10-15-33/h8-9,16-17,33H,5-7,10-15H2,1-4H3,(H,27,28,34). The fourth-order valence-electron chi connectivity index (χ4n) is 4.83. The van der Waals surface area contributed by atoms with Crippen LogP contribution in [0.2, 0.25) is 0 Å². The first kappa shape index (κ1) is 25.8. The molecule has 0 spiro atoms. The van der Waals surface area contributed by atoms with E-state index in [0.717, 1.165) is 31.6 Å². The van der Waals surface area contributed by atoms with Gasteiger partial charge in [-0.15, -0.1) is 0 Å². The molecule has 36 heavy (non-hydrogen) atoms. The van der Waals surface area contributed by atoms with Crippen LogP contribution in [0, 0.1) is 0 Å². The lowest BCUT2D eigenvalue weighted by Gasteiger charge is -2.38. The summed E-state index contributed by atoms with van der Waals surface area (Å²) in [7, 11) is 1.74. The molecule has 0 radical (unpaired) electrons. The van der Waals surface area contributed by atoms with E-state index in [1.54, 1.807) is 29.9 Å². The summed E-state index contributed by atoms with van der Waals surface area (Å²) >= 11 is 0. The molecule has 1 aliphatic heterocycles. The average Bonchev–Trinajstić information content (AvgIpc) is 3.20. The largest absolute Gasteiger partial charge is 0.493 e. The highest BCUT2D eigenvalue weighted by Crippen LogP contribution is 2.30. The Bertz CT molecular complexity index is 1280. The molecule has 0 saturated carbocycles. The number of aliphatic hydroxyl groups excluding tert-OH is 1. The number of benzene rings is 1. The summed E-state index contributed by atoms with van der Waals surface area (Å²) in [6, 6.07) is 5.58. The van der Waals surface area contributed by atoms with Gasteiger partial charge in [-0.25, -0.2) is 4.98 Å². The van der Waals surface area contributed by atoms with Crippen molar-refractivity contribution in [2.24, 2.45) is 7.05 Å². The van der Waals surface area contributed by atoms with Crippen molar-refractivity contribution in [1.82, 2.24) is 29.5 Å². The predicted molar refractivity (Wildman–Crippen MR) is 138 cm³/mol. The minimum Gasteiger partial charge on any atom is -0.493 e. The molecule has 1 saturated heterocycles. The molecule has 1 aliphatic rings. The minimum absolute atomic E-state index is 0.0646. The van der Waals surface area contributed by atoms with Crippen LogP contribution in [0.25, 0.3) is 22.4 Å². The molecule has 1 unspecified atom stereocenters. The van der Waals surface area contributed by atoms with Crippen LogP contribution in [0.1, 0.15) is 49.7 Å². The summed E-state index contributed by atoms with van der Waals surface area (Å²) in [5, 5.41) is 13.7. The third-order valence-corrected chi connectivity index (χ3v) is 6.80. The van der Waals surface area contributed by atoms with Gasteiger partial charge in [-0.1, -0.05) is 13.3 Å². The van der Waals surface area contributed by atoms with Crippen LogP contribution in [-0.2, 0) is 13.5 Å². The number of fused-ring (bicyclic) bond motifs is 1. The maximum Gasteiger partial charge on any atom is 0.277 e. The highest BCUT2D eigenvalue weighted by atomic mass is 16.5. The molecule has 2 aromatic heterocycles. The van der Waals surface area contributed by atoms with Gasteiger partial charge in [-0.05, 0) is 44.9 Å². The molecule has 10 heteroatoms. The number of aromatic amines is 1. The van der Waals surface area contributed by atoms with Crippen molar-refractivity contribution >= 4 is 16.9 Å². The van der Waals surface area contributed by atoms with Gasteiger partial charge in [-0.3, -0.25) is 19.2 Å². The molecule has 3 heterocycles. The van der Waals surface area contributed by atoms with Gasteiger partial charge in [0.05, 0.1) is 17.9 Å². The minimum atomic E-state index is -0.278. The number of carbonyl (C=O) groups is 1. The van der Waals surface area contributed by atoms with Crippen LogP contribution >= 0.6 is 0 Å². The molecule has 10 nitrogen and oxygen atoms in total. The zero-order valence-corrected chi connectivity index (χ0v) is 21.6. The first-order chi connectivity index (χ1) is 17.4. The average molecular weight is 497 g/mol. The van der Waals surface area contributed by atoms with Crippen molar-refractivity contribution in [1.29, 1.82) is 0 Å². The summed E-state index contributed by atoms with van der Waals surface area (Å²) in [6.45, 7) is 9.43. The fourth-order valence-corrected chi connectivity index (χ4v) is 4.83. The van der Waals surface area contributed by atoms with Crippen molar-refractivity contribution in [2.45, 2.75) is 46.1 Å². The van der Waals surface area contributed by atoms with Gasteiger partial charge in [0.25, 0.3) is 11.5 Å². The van der Waals surface area contributed by atoms with Gasteiger partial charge >= 0.3 is 0 Å². The second-order valence-corrected chi connectivity index (χ2v) is 9.27. The maximum absolute atomic E-state index is 13.4. The number of aryl methyl sites for hydroxylation is 2. The Morgan fingerprint density at radius 2 is 1.97 bits per heavy atom. The second kappa shape index (κ2) is 11.2. The molecule has 4 rings (SSSR count). The Balaban J connectivity index is 1.67. The molecule has 0 bridgehead atoms. The maximum atomic E-state index is 13.4. The van der Waals surface area contributed by atoms with Crippen molar-refractivity contribution in [3.05, 3.63) is 39.8 Å². The number of ether oxygens (including phenoxy) is 1. The van der Waals surface area contributed by atoms with Gasteiger partial charge in [0.15, 0.2) is 5.52 Å². The van der Waals surface area contributed by atoms with E-state index < -0.39 is 0 Å². The SMILES string of the molecule is CCCc1nn(C)c2c(=O)[nH]c(-c3cc(C(=O)N4CCN(C(C)CCO)CC4)ccc3OCC)nc12. The molecule has 0 aliphatic carbocycles. The molecule has 1 atom stereocenters. The van der Waals surface area contributed by atoms with Crippen LogP contribution < -0.4 is 10.3 Å². The number of nitrogens with zero attached hydrogens (tertiary/aromatic N) is 5. The van der Waals surface area contributed by atoms with Gasteiger partial charge in [0.1, 0.15) is 17.1 Å². The van der Waals surface area contributed by atoms with E-state index in [0.29, 0.717) is 59.9 Å². The zero-order chi connectivity index (χ0) is 25.8. The molecule has 1 aromatic carbocycles. The summed E-state index contributed by atoms with van der Waals surface area (Å²) < 4.78 is 7.40. The fraction of sp³-hybridized carbons (Fsp3) is 0.538. The smallest absolute Gasteiger partial charge is 0.277 e. The van der Waals surface area contributed by atoms with E-state index in [2.05, 4.69) is 28.8 Å². The number of hydrogen-bond donors (Lipinski definition) is 2. The lowest BCUT2D eigenvalue weighted by Crippen LogP contribution is -2.51. The highest BCUT2D eigenvalue weighted by molar-refractivity contribution is 5.96. The quantitative estimate of drug-likeness (QED) is 0.466. The number of piperazine rings is 1. The number of amides is 1. The van der Waals surface area contributed by atoms with Crippen LogP contribution in [0.15, 0.2) is 23.0 Å². The van der Waals surface area contributed by atoms with E-state index in [1.807, 2.05) is 11.8 Å². The van der Waals surface area contributed by atoms with Gasteiger partial charge in [-0.2, -0.15) is 5.10 Å². The Kier molecular flexibility index (Phi) is 8.05. The summed E-state index contributed by atoms with van der Waals surface area (Å²) in [5.41, 5.74) is 2.60. The Labute approximate surface area is 210 Å². The summed E-state index contributed by atoms with van der Waals surface area (Å²) in [6.07, 6.45) is 2.33. The second-order valence-electron chi connectivity index (χ2n) is 9.27. The lowest BCUT2D eigenvalue weighted by molar-refractivity contribution is 0.0557. The van der Waals surface area contributed by atoms with Gasteiger partial charge in [0.2, 0.25) is 0 Å². The first-order valence-electron chi connectivity index (χ1n) is 12.7. The number of nitrogens with one attached hydrogen (secondary N) is 1. The monoisotopic (exact) mass is 496 g/mol. The Morgan fingerprint density at radius 1 is 1.22 bits per heavy atom. The number of H-pyrrole nitrogens is 1. The predicted octanol–water partition coefficient (Wildman–Crippen LogP) is 2.20. The zero-order valence-electron chi connectivity index (χ0n) is 21.6. The Hall–Kier alpha value is -3.24. The number of rotatable bonds is 9. The third-order valence-electron chi connectivity index (χ3n) is 6.80. The number of aromatic nitrogens is 4. The molecule has 2 N–H and O–H groups in total.